The Morgan fingerprint density at radius 1 is 1.30 bits per heavy atom. The van der Waals surface area contributed by atoms with Gasteiger partial charge in [-0.25, -0.2) is 9.18 Å². The highest BCUT2D eigenvalue weighted by Crippen LogP contribution is 2.36. The van der Waals surface area contributed by atoms with Crippen LogP contribution in [0.1, 0.15) is 36.3 Å². The number of carbonyl (C=O) groups excluding carboxylic acids is 1. The molecule has 106 valence electrons. The van der Waals surface area contributed by atoms with Crippen molar-refractivity contribution in [3.05, 3.63) is 35.1 Å². The SMILES string of the molecule is O=C(O)C1CCCN1C(=O)C1CCc2cc(F)ccc21. The Kier molecular flexibility index (Phi) is 3.20. The lowest BCUT2D eigenvalue weighted by Gasteiger charge is -2.25. The summed E-state index contributed by atoms with van der Waals surface area (Å²) in [5, 5.41) is 9.16. The molecular formula is C15H16FNO3. The smallest absolute Gasteiger partial charge is 0.326 e. The van der Waals surface area contributed by atoms with Crippen LogP contribution in [0, 0.1) is 5.82 Å². The van der Waals surface area contributed by atoms with Gasteiger partial charge in [0, 0.05) is 6.54 Å². The molecule has 2 unspecified atom stereocenters. The van der Waals surface area contributed by atoms with Crippen molar-refractivity contribution in [2.75, 3.05) is 6.54 Å². The lowest BCUT2D eigenvalue weighted by Crippen LogP contribution is -2.42. The van der Waals surface area contributed by atoms with Crippen molar-refractivity contribution in [1.29, 1.82) is 0 Å². The van der Waals surface area contributed by atoms with E-state index in [9.17, 15) is 14.0 Å². The lowest BCUT2D eigenvalue weighted by molar-refractivity contribution is -0.148. The Hall–Kier alpha value is -1.91. The number of aliphatic carboxylic acids is 1. The molecular weight excluding hydrogens is 261 g/mol. The molecule has 1 aromatic carbocycles. The number of benzene rings is 1. The summed E-state index contributed by atoms with van der Waals surface area (Å²) >= 11 is 0. The van der Waals surface area contributed by atoms with Crippen molar-refractivity contribution < 1.29 is 19.1 Å². The number of rotatable bonds is 2. The van der Waals surface area contributed by atoms with Gasteiger partial charge in [0.1, 0.15) is 11.9 Å². The highest BCUT2D eigenvalue weighted by atomic mass is 19.1. The molecule has 0 aromatic heterocycles. The van der Waals surface area contributed by atoms with Crippen molar-refractivity contribution in [2.24, 2.45) is 0 Å². The molecule has 2 aliphatic rings. The molecule has 2 atom stereocenters. The fourth-order valence-corrected chi connectivity index (χ4v) is 3.33. The van der Waals surface area contributed by atoms with Gasteiger partial charge in [0.15, 0.2) is 0 Å². The van der Waals surface area contributed by atoms with Gasteiger partial charge in [0.2, 0.25) is 5.91 Å². The third-order valence-electron chi connectivity index (χ3n) is 4.30. The van der Waals surface area contributed by atoms with Crippen molar-refractivity contribution >= 4 is 11.9 Å². The average Bonchev–Trinajstić information content (AvgIpc) is 3.03. The third-order valence-corrected chi connectivity index (χ3v) is 4.30. The van der Waals surface area contributed by atoms with E-state index in [1.54, 1.807) is 6.07 Å². The summed E-state index contributed by atoms with van der Waals surface area (Å²) in [6.07, 6.45) is 2.56. The van der Waals surface area contributed by atoms with Crippen molar-refractivity contribution in [1.82, 2.24) is 4.90 Å². The number of halogens is 1. The first-order valence-electron chi connectivity index (χ1n) is 6.89. The van der Waals surface area contributed by atoms with Gasteiger partial charge in [-0.2, -0.15) is 0 Å². The summed E-state index contributed by atoms with van der Waals surface area (Å²) in [5.41, 5.74) is 1.72. The van der Waals surface area contributed by atoms with Crippen molar-refractivity contribution in [3.8, 4) is 0 Å². The first-order chi connectivity index (χ1) is 9.58. The first kappa shape index (κ1) is 13.1. The van der Waals surface area contributed by atoms with E-state index in [0.29, 0.717) is 25.8 Å². The summed E-state index contributed by atoms with van der Waals surface area (Å²) in [4.78, 5) is 25.2. The number of carboxylic acids is 1. The highest BCUT2D eigenvalue weighted by Gasteiger charge is 2.39. The maximum absolute atomic E-state index is 13.2. The second-order valence-corrected chi connectivity index (χ2v) is 5.46. The number of hydrogen-bond donors (Lipinski definition) is 1. The minimum atomic E-state index is -0.937. The van der Waals surface area contributed by atoms with E-state index in [1.165, 1.54) is 17.0 Å². The summed E-state index contributed by atoms with van der Waals surface area (Å²) < 4.78 is 13.2. The summed E-state index contributed by atoms with van der Waals surface area (Å²) in [7, 11) is 0. The Labute approximate surface area is 116 Å². The zero-order valence-electron chi connectivity index (χ0n) is 11.0. The Bertz CT molecular complexity index is 572. The number of hydrogen-bond acceptors (Lipinski definition) is 2. The molecule has 0 bridgehead atoms. The first-order valence-corrected chi connectivity index (χ1v) is 6.89. The summed E-state index contributed by atoms with van der Waals surface area (Å²) in [6.45, 7) is 0.503. The largest absolute Gasteiger partial charge is 0.480 e. The quantitative estimate of drug-likeness (QED) is 0.898. The van der Waals surface area contributed by atoms with Gasteiger partial charge >= 0.3 is 5.97 Å². The van der Waals surface area contributed by atoms with E-state index in [1.807, 2.05) is 0 Å². The van der Waals surface area contributed by atoms with Gasteiger partial charge in [-0.05, 0) is 48.9 Å². The van der Waals surface area contributed by atoms with Crippen LogP contribution in [0.4, 0.5) is 4.39 Å². The van der Waals surface area contributed by atoms with Crippen LogP contribution < -0.4 is 0 Å². The normalized spacial score (nSPS) is 24.8. The number of aryl methyl sites for hydroxylation is 1. The maximum Gasteiger partial charge on any atom is 0.326 e. The van der Waals surface area contributed by atoms with E-state index in [2.05, 4.69) is 0 Å². The van der Waals surface area contributed by atoms with Crippen LogP contribution in [-0.4, -0.2) is 34.5 Å². The maximum atomic E-state index is 13.2. The highest BCUT2D eigenvalue weighted by molar-refractivity contribution is 5.89. The van der Waals surface area contributed by atoms with Crippen molar-refractivity contribution in [2.45, 2.75) is 37.6 Å². The molecule has 1 N–H and O–H groups in total. The molecule has 5 heteroatoms. The van der Waals surface area contributed by atoms with Gasteiger partial charge in [0.05, 0.1) is 5.92 Å². The standard InChI is InChI=1S/C15H16FNO3/c16-10-4-6-11-9(8-10)3-5-12(11)14(18)17-7-1-2-13(17)15(19)20/h4,6,8,12-13H,1-3,5,7H2,(H,19,20). The number of carbonyl (C=O) groups is 2. The fraction of sp³-hybridized carbons (Fsp3) is 0.467. The summed E-state index contributed by atoms with van der Waals surface area (Å²) in [5.74, 6) is -1.67. The Morgan fingerprint density at radius 2 is 2.10 bits per heavy atom. The van der Waals surface area contributed by atoms with Crippen molar-refractivity contribution in [3.63, 3.8) is 0 Å². The zero-order chi connectivity index (χ0) is 14.3. The monoisotopic (exact) mass is 277 g/mol. The molecule has 0 saturated carbocycles. The number of fused-ring (bicyclic) bond motifs is 1. The van der Waals surface area contributed by atoms with E-state index in [-0.39, 0.29) is 17.6 Å². The number of likely N-dealkylation sites (tertiary alicyclic amines) is 1. The Morgan fingerprint density at radius 3 is 2.85 bits per heavy atom. The second-order valence-electron chi connectivity index (χ2n) is 5.46. The van der Waals surface area contributed by atoms with Crippen LogP contribution in [-0.2, 0) is 16.0 Å². The predicted molar refractivity (Wildman–Crippen MR) is 69.8 cm³/mol. The van der Waals surface area contributed by atoms with Crippen LogP contribution in [0.5, 0.6) is 0 Å². The topological polar surface area (TPSA) is 57.6 Å². The van der Waals surface area contributed by atoms with Crippen LogP contribution >= 0.6 is 0 Å². The van der Waals surface area contributed by atoms with E-state index in [4.69, 9.17) is 5.11 Å². The summed E-state index contributed by atoms with van der Waals surface area (Å²) in [6, 6.07) is 3.79. The Balaban J connectivity index is 1.85. The second kappa shape index (κ2) is 4.89. The molecule has 1 heterocycles. The van der Waals surface area contributed by atoms with Gasteiger partial charge in [-0.1, -0.05) is 6.07 Å². The number of amides is 1. The molecule has 1 amide bonds. The lowest BCUT2D eigenvalue weighted by atomic mass is 9.99. The number of carboxylic acid groups (broad SMARTS) is 1. The fourth-order valence-electron chi connectivity index (χ4n) is 3.33. The molecule has 1 aliphatic heterocycles. The van der Waals surface area contributed by atoms with Gasteiger partial charge in [-0.3, -0.25) is 4.79 Å². The van der Waals surface area contributed by atoms with E-state index in [0.717, 1.165) is 17.5 Å². The third kappa shape index (κ3) is 2.07. The number of nitrogens with zero attached hydrogens (tertiary/aromatic N) is 1. The molecule has 0 spiro atoms. The zero-order valence-corrected chi connectivity index (χ0v) is 11.0. The molecule has 3 rings (SSSR count). The minimum Gasteiger partial charge on any atom is -0.480 e. The molecule has 1 aliphatic carbocycles. The van der Waals surface area contributed by atoms with Gasteiger partial charge in [-0.15, -0.1) is 0 Å². The van der Waals surface area contributed by atoms with Crippen LogP contribution in [0.15, 0.2) is 18.2 Å². The average molecular weight is 277 g/mol. The molecule has 20 heavy (non-hydrogen) atoms. The molecule has 1 fully saturated rings. The van der Waals surface area contributed by atoms with Crippen LogP contribution in [0.25, 0.3) is 0 Å². The molecule has 1 aromatic rings. The van der Waals surface area contributed by atoms with E-state index < -0.39 is 12.0 Å². The van der Waals surface area contributed by atoms with E-state index >= 15 is 0 Å². The minimum absolute atomic E-state index is 0.125. The predicted octanol–water partition coefficient (Wildman–Crippen LogP) is 1.93. The van der Waals surface area contributed by atoms with Crippen LogP contribution in [0.2, 0.25) is 0 Å². The molecule has 4 nitrogen and oxygen atoms in total. The van der Waals surface area contributed by atoms with Gasteiger partial charge in [0.25, 0.3) is 0 Å². The van der Waals surface area contributed by atoms with Gasteiger partial charge < -0.3 is 10.0 Å². The molecule has 1 saturated heterocycles. The van der Waals surface area contributed by atoms with Crippen LogP contribution in [0.3, 0.4) is 0 Å². The molecule has 0 radical (unpaired) electrons.